The van der Waals surface area contributed by atoms with Crippen molar-refractivity contribution < 1.29 is 0 Å². The van der Waals surface area contributed by atoms with E-state index < -0.39 is 0 Å². The van der Waals surface area contributed by atoms with Crippen molar-refractivity contribution in [3.8, 4) is 0 Å². The largest absolute Gasteiger partial charge is 0.385 e. The first-order valence-electron chi connectivity index (χ1n) is 7.13. The molecule has 1 aliphatic heterocycles. The summed E-state index contributed by atoms with van der Waals surface area (Å²) in [6.45, 7) is 6.83. The molecule has 6 nitrogen and oxygen atoms in total. The quantitative estimate of drug-likeness (QED) is 0.894. The minimum atomic E-state index is 0.842. The molecule has 2 aromatic rings. The number of aromatic nitrogens is 4. The normalized spacial score (nSPS) is 15.1. The smallest absolute Gasteiger partial charge is 0.147 e. The van der Waals surface area contributed by atoms with Gasteiger partial charge in [-0.25, -0.2) is 0 Å². The third-order valence-corrected chi connectivity index (χ3v) is 3.50. The fourth-order valence-electron chi connectivity index (χ4n) is 2.42. The van der Waals surface area contributed by atoms with Crippen LogP contribution in [0.4, 0.5) is 5.69 Å². The van der Waals surface area contributed by atoms with E-state index in [4.69, 9.17) is 0 Å². The number of rotatable bonds is 5. The molecule has 0 amide bonds. The van der Waals surface area contributed by atoms with Crippen LogP contribution in [0.1, 0.15) is 24.9 Å². The molecule has 0 atom stereocenters. The average Bonchev–Trinajstić information content (AvgIpc) is 2.93. The fraction of sp³-hybridized carbons (Fsp3) is 0.500. The van der Waals surface area contributed by atoms with Gasteiger partial charge in [0.25, 0.3) is 0 Å². The molecule has 3 heterocycles. The first-order chi connectivity index (χ1) is 9.85. The molecule has 0 bridgehead atoms. The summed E-state index contributed by atoms with van der Waals surface area (Å²) in [7, 11) is 0. The van der Waals surface area contributed by atoms with Crippen molar-refractivity contribution in [1.29, 1.82) is 0 Å². The van der Waals surface area contributed by atoms with Crippen LogP contribution in [0.25, 0.3) is 0 Å². The Morgan fingerprint density at radius 1 is 1.35 bits per heavy atom. The molecule has 0 aromatic carbocycles. The number of hydrogen-bond acceptors (Lipinski definition) is 5. The van der Waals surface area contributed by atoms with Gasteiger partial charge in [0.1, 0.15) is 12.2 Å². The van der Waals surface area contributed by atoms with Crippen molar-refractivity contribution in [3.05, 3.63) is 36.2 Å². The monoisotopic (exact) mass is 272 g/mol. The molecule has 0 fully saturated rings. The Balaban J connectivity index is 1.63. The van der Waals surface area contributed by atoms with Gasteiger partial charge in [0.2, 0.25) is 0 Å². The molecule has 0 unspecified atom stereocenters. The first kappa shape index (κ1) is 13.1. The topological polar surface area (TPSA) is 58.9 Å². The van der Waals surface area contributed by atoms with Gasteiger partial charge in [0.05, 0.1) is 12.2 Å². The van der Waals surface area contributed by atoms with Crippen LogP contribution in [-0.2, 0) is 19.6 Å². The summed E-state index contributed by atoms with van der Waals surface area (Å²) in [6.07, 6.45) is 4.80. The molecule has 1 N–H and O–H groups in total. The number of fused-ring (bicyclic) bond motifs is 1. The summed E-state index contributed by atoms with van der Waals surface area (Å²) in [5, 5.41) is 11.5. The average molecular weight is 272 g/mol. The third-order valence-electron chi connectivity index (χ3n) is 3.50. The van der Waals surface area contributed by atoms with E-state index in [1.807, 2.05) is 12.3 Å². The van der Waals surface area contributed by atoms with E-state index in [0.29, 0.717) is 0 Å². The zero-order valence-corrected chi connectivity index (χ0v) is 11.8. The van der Waals surface area contributed by atoms with Gasteiger partial charge < -0.3 is 9.88 Å². The summed E-state index contributed by atoms with van der Waals surface area (Å²) in [6, 6.07) is 4.15. The van der Waals surface area contributed by atoms with E-state index in [0.717, 1.165) is 56.4 Å². The molecule has 6 heteroatoms. The van der Waals surface area contributed by atoms with E-state index in [-0.39, 0.29) is 0 Å². The molecule has 1 aliphatic rings. The number of nitrogens with zero attached hydrogens (tertiary/aromatic N) is 5. The molecule has 3 rings (SSSR count). The van der Waals surface area contributed by atoms with Gasteiger partial charge in [0.15, 0.2) is 0 Å². The zero-order valence-electron chi connectivity index (χ0n) is 11.8. The summed E-state index contributed by atoms with van der Waals surface area (Å²) in [4.78, 5) is 6.82. The zero-order chi connectivity index (χ0) is 13.8. The minimum Gasteiger partial charge on any atom is -0.385 e. The highest BCUT2D eigenvalue weighted by molar-refractivity contribution is 5.43. The first-order valence-corrected chi connectivity index (χ1v) is 7.13. The van der Waals surface area contributed by atoms with Crippen LogP contribution < -0.4 is 5.32 Å². The lowest BCUT2D eigenvalue weighted by Crippen LogP contribution is -2.33. The third kappa shape index (κ3) is 2.96. The molecular formula is C14H20N6. The van der Waals surface area contributed by atoms with Crippen molar-refractivity contribution in [2.75, 3.05) is 18.4 Å². The molecule has 0 radical (unpaired) electrons. The Morgan fingerprint density at radius 3 is 3.20 bits per heavy atom. The second-order valence-corrected chi connectivity index (χ2v) is 5.11. The van der Waals surface area contributed by atoms with Gasteiger partial charge in [-0.3, -0.25) is 9.88 Å². The molecule has 0 aliphatic carbocycles. The number of anilines is 1. The Morgan fingerprint density at radius 2 is 2.30 bits per heavy atom. The van der Waals surface area contributed by atoms with Crippen LogP contribution in [0, 0.1) is 0 Å². The van der Waals surface area contributed by atoms with Crippen molar-refractivity contribution in [2.45, 2.75) is 33.0 Å². The highest BCUT2D eigenvalue weighted by atomic mass is 15.3. The fourth-order valence-corrected chi connectivity index (χ4v) is 2.42. The Labute approximate surface area is 118 Å². The molecule has 0 saturated carbocycles. The number of nitrogens with one attached hydrogen (secondary N) is 1. The predicted molar refractivity (Wildman–Crippen MR) is 77.2 cm³/mol. The van der Waals surface area contributed by atoms with Crippen LogP contribution in [0.2, 0.25) is 0 Å². The van der Waals surface area contributed by atoms with Crippen LogP contribution >= 0.6 is 0 Å². The van der Waals surface area contributed by atoms with E-state index in [1.165, 1.54) is 0 Å². The van der Waals surface area contributed by atoms with Gasteiger partial charge in [-0.2, -0.15) is 0 Å². The standard InChI is InChI=1S/C14H20N6/c1-2-4-15-12-3-5-16-13(8-12)9-19-6-7-20-11-17-18-14(20)10-19/h3,5,8,11H,2,4,6-7,9-10H2,1H3,(H,15,16). The highest BCUT2D eigenvalue weighted by Crippen LogP contribution is 2.14. The molecule has 2 aromatic heterocycles. The summed E-state index contributed by atoms with van der Waals surface area (Å²) in [5.41, 5.74) is 2.25. The van der Waals surface area contributed by atoms with E-state index in [2.05, 4.69) is 43.0 Å². The Bertz CT molecular complexity index is 564. The SMILES string of the molecule is CCCNc1ccnc(CN2CCn3cnnc3C2)c1. The van der Waals surface area contributed by atoms with Gasteiger partial charge in [-0.15, -0.1) is 10.2 Å². The second-order valence-electron chi connectivity index (χ2n) is 5.11. The van der Waals surface area contributed by atoms with Crippen molar-refractivity contribution in [3.63, 3.8) is 0 Å². The molecular weight excluding hydrogens is 252 g/mol. The Kier molecular flexibility index (Phi) is 3.92. The van der Waals surface area contributed by atoms with Crippen molar-refractivity contribution in [1.82, 2.24) is 24.6 Å². The number of hydrogen-bond donors (Lipinski definition) is 1. The maximum atomic E-state index is 4.46. The van der Waals surface area contributed by atoms with E-state index >= 15 is 0 Å². The minimum absolute atomic E-state index is 0.842. The van der Waals surface area contributed by atoms with E-state index in [1.54, 1.807) is 6.33 Å². The van der Waals surface area contributed by atoms with Crippen LogP contribution in [-0.4, -0.2) is 37.7 Å². The summed E-state index contributed by atoms with van der Waals surface area (Å²) in [5.74, 6) is 1.04. The summed E-state index contributed by atoms with van der Waals surface area (Å²) < 4.78 is 2.11. The lowest BCUT2D eigenvalue weighted by molar-refractivity contribution is 0.206. The van der Waals surface area contributed by atoms with Gasteiger partial charge in [-0.05, 0) is 18.6 Å². The maximum absolute atomic E-state index is 4.46. The molecule has 106 valence electrons. The van der Waals surface area contributed by atoms with Gasteiger partial charge in [-0.1, -0.05) is 6.92 Å². The lowest BCUT2D eigenvalue weighted by atomic mass is 10.2. The Hall–Kier alpha value is -1.95. The second kappa shape index (κ2) is 6.00. The van der Waals surface area contributed by atoms with Gasteiger partial charge >= 0.3 is 0 Å². The van der Waals surface area contributed by atoms with Crippen molar-refractivity contribution >= 4 is 5.69 Å². The predicted octanol–water partition coefficient (Wildman–Crippen LogP) is 1.51. The van der Waals surface area contributed by atoms with Crippen LogP contribution in [0.15, 0.2) is 24.7 Å². The van der Waals surface area contributed by atoms with E-state index in [9.17, 15) is 0 Å². The van der Waals surface area contributed by atoms with Crippen LogP contribution in [0.3, 0.4) is 0 Å². The summed E-state index contributed by atoms with van der Waals surface area (Å²) >= 11 is 0. The van der Waals surface area contributed by atoms with Crippen LogP contribution in [0.5, 0.6) is 0 Å². The van der Waals surface area contributed by atoms with Gasteiger partial charge in [0, 0.05) is 38.1 Å². The highest BCUT2D eigenvalue weighted by Gasteiger charge is 2.17. The molecule has 20 heavy (non-hydrogen) atoms. The number of pyridine rings is 1. The lowest BCUT2D eigenvalue weighted by Gasteiger charge is -2.26. The molecule has 0 saturated heterocycles. The van der Waals surface area contributed by atoms with Crippen molar-refractivity contribution in [2.24, 2.45) is 0 Å². The maximum Gasteiger partial charge on any atom is 0.147 e. The molecule has 0 spiro atoms.